The summed E-state index contributed by atoms with van der Waals surface area (Å²) in [6.07, 6.45) is 1.59. The van der Waals surface area contributed by atoms with Crippen molar-refractivity contribution in [1.29, 1.82) is 0 Å². The van der Waals surface area contributed by atoms with Gasteiger partial charge in [-0.15, -0.1) is 0 Å². The number of hydrogen-bond acceptors (Lipinski definition) is 3. The molecule has 0 aliphatic heterocycles. The molecule has 0 aliphatic carbocycles. The number of aliphatic imine (C=N–C) groups is 1. The summed E-state index contributed by atoms with van der Waals surface area (Å²) in [6, 6.07) is 24.8. The van der Waals surface area contributed by atoms with Crippen LogP contribution in [0.25, 0.3) is 5.69 Å². The lowest BCUT2D eigenvalue weighted by Gasteiger charge is -2.06. The molecule has 4 rings (SSSR count). The summed E-state index contributed by atoms with van der Waals surface area (Å²) < 4.78 is 1.47. The zero-order chi connectivity index (χ0) is 20.2. The first-order valence-electron chi connectivity index (χ1n) is 9.14. The van der Waals surface area contributed by atoms with Gasteiger partial charge in [0.25, 0.3) is 5.56 Å². The van der Waals surface area contributed by atoms with Crippen LogP contribution >= 0.6 is 11.6 Å². The van der Waals surface area contributed by atoms with Crippen LogP contribution in [0.3, 0.4) is 0 Å². The van der Waals surface area contributed by atoms with Crippen LogP contribution in [0.15, 0.2) is 88.6 Å². The smallest absolute Gasteiger partial charge is 0.280 e. The first kappa shape index (κ1) is 18.8. The highest BCUT2D eigenvalue weighted by molar-refractivity contribution is 6.30. The lowest BCUT2D eigenvalue weighted by Crippen LogP contribution is -2.17. The molecule has 2 N–H and O–H groups in total. The summed E-state index contributed by atoms with van der Waals surface area (Å²) in [4.78, 5) is 17.3. The fraction of sp³-hybridized carbons (Fsp3) is 0.0435. The predicted molar refractivity (Wildman–Crippen MR) is 120 cm³/mol. The second-order valence-electron chi connectivity index (χ2n) is 6.57. The van der Waals surface area contributed by atoms with Gasteiger partial charge in [0.15, 0.2) is 0 Å². The summed E-state index contributed by atoms with van der Waals surface area (Å²) in [5, 5.41) is 6.99. The zero-order valence-corrected chi connectivity index (χ0v) is 16.5. The topological polar surface area (TPSA) is 62.2 Å². The van der Waals surface area contributed by atoms with Crippen LogP contribution in [0.1, 0.15) is 11.3 Å². The number of halogens is 1. The van der Waals surface area contributed by atoms with Crippen molar-refractivity contribution in [2.45, 2.75) is 6.92 Å². The van der Waals surface area contributed by atoms with E-state index >= 15 is 0 Å². The average molecular weight is 403 g/mol. The van der Waals surface area contributed by atoms with Crippen molar-refractivity contribution < 1.29 is 0 Å². The van der Waals surface area contributed by atoms with Crippen LogP contribution in [0, 0.1) is 6.92 Å². The van der Waals surface area contributed by atoms with Gasteiger partial charge in [-0.2, -0.15) is 0 Å². The molecule has 6 heteroatoms. The zero-order valence-electron chi connectivity index (χ0n) is 15.8. The monoisotopic (exact) mass is 402 g/mol. The Bertz CT molecular complexity index is 1230. The molecular formula is C23H19ClN4O. The molecule has 0 atom stereocenters. The van der Waals surface area contributed by atoms with Gasteiger partial charge in [0, 0.05) is 28.3 Å². The highest BCUT2D eigenvalue weighted by Crippen LogP contribution is 2.22. The third kappa shape index (κ3) is 4.31. The van der Waals surface area contributed by atoms with Crippen molar-refractivity contribution in [2.75, 3.05) is 5.32 Å². The molecular weight excluding hydrogens is 384 g/mol. The van der Waals surface area contributed by atoms with E-state index in [9.17, 15) is 4.79 Å². The van der Waals surface area contributed by atoms with Gasteiger partial charge in [0.1, 0.15) is 0 Å². The van der Waals surface area contributed by atoms with Gasteiger partial charge < -0.3 is 5.32 Å². The normalized spacial score (nSPS) is 11.1. The number of rotatable bonds is 5. The number of H-pyrrole nitrogens is 1. The SMILES string of the molecule is Cc1[nH]n(-c2cccc(Cl)c2)c(=O)c1C=Nc1cccc(Nc2ccccc2)c1. The molecule has 0 amide bonds. The van der Waals surface area contributed by atoms with Gasteiger partial charge in [0.05, 0.1) is 16.9 Å². The van der Waals surface area contributed by atoms with Gasteiger partial charge in [-0.1, -0.05) is 41.9 Å². The molecule has 0 fully saturated rings. The molecule has 1 aromatic heterocycles. The molecule has 0 radical (unpaired) electrons. The maximum absolute atomic E-state index is 12.8. The molecule has 29 heavy (non-hydrogen) atoms. The van der Waals surface area contributed by atoms with E-state index in [-0.39, 0.29) is 5.56 Å². The second kappa shape index (κ2) is 8.20. The van der Waals surface area contributed by atoms with Crippen LogP contribution < -0.4 is 10.9 Å². The largest absolute Gasteiger partial charge is 0.355 e. The van der Waals surface area contributed by atoms with Crippen molar-refractivity contribution in [1.82, 2.24) is 9.78 Å². The fourth-order valence-corrected chi connectivity index (χ4v) is 3.18. The van der Waals surface area contributed by atoms with Gasteiger partial charge in [0.2, 0.25) is 0 Å². The average Bonchev–Trinajstić information content (AvgIpc) is 3.01. The minimum atomic E-state index is -0.174. The van der Waals surface area contributed by atoms with Gasteiger partial charge >= 0.3 is 0 Å². The Morgan fingerprint density at radius 3 is 2.52 bits per heavy atom. The van der Waals surface area contributed by atoms with E-state index in [2.05, 4.69) is 15.4 Å². The highest BCUT2D eigenvalue weighted by Gasteiger charge is 2.11. The van der Waals surface area contributed by atoms with E-state index in [0.29, 0.717) is 16.3 Å². The lowest BCUT2D eigenvalue weighted by atomic mass is 10.2. The summed E-state index contributed by atoms with van der Waals surface area (Å²) in [7, 11) is 0. The third-order valence-corrected chi connectivity index (χ3v) is 4.67. The molecule has 0 spiro atoms. The molecule has 1 heterocycles. The van der Waals surface area contributed by atoms with Crippen molar-refractivity contribution in [3.63, 3.8) is 0 Å². The van der Waals surface area contributed by atoms with Crippen LogP contribution in [0.2, 0.25) is 5.02 Å². The minimum absolute atomic E-state index is 0.174. The van der Waals surface area contributed by atoms with E-state index in [4.69, 9.17) is 11.6 Å². The Morgan fingerprint density at radius 2 is 1.72 bits per heavy atom. The maximum Gasteiger partial charge on any atom is 0.280 e. The number of para-hydroxylation sites is 1. The number of nitrogens with one attached hydrogen (secondary N) is 2. The summed E-state index contributed by atoms with van der Waals surface area (Å²) in [6.45, 7) is 1.84. The molecule has 0 unspecified atom stereocenters. The first-order valence-corrected chi connectivity index (χ1v) is 9.52. The molecule has 0 bridgehead atoms. The molecule has 4 aromatic rings. The summed E-state index contributed by atoms with van der Waals surface area (Å²) in [5.74, 6) is 0. The van der Waals surface area contributed by atoms with E-state index in [1.807, 2.05) is 67.6 Å². The van der Waals surface area contributed by atoms with Crippen molar-refractivity contribution >= 4 is 34.9 Å². The number of aromatic nitrogens is 2. The standard InChI is InChI=1S/C23H19ClN4O/c1-16-22(23(29)28(27-16)21-12-5-7-17(24)13-21)15-25-19-10-6-11-20(14-19)26-18-8-3-2-4-9-18/h2-15,26-27H,1H3. The maximum atomic E-state index is 12.8. The number of aromatic amines is 1. The number of nitrogens with zero attached hydrogens (tertiary/aromatic N) is 2. The quantitative estimate of drug-likeness (QED) is 0.425. The van der Waals surface area contributed by atoms with Crippen LogP contribution in [0.4, 0.5) is 17.1 Å². The Kier molecular flexibility index (Phi) is 5.31. The highest BCUT2D eigenvalue weighted by atomic mass is 35.5. The Morgan fingerprint density at radius 1 is 0.966 bits per heavy atom. The van der Waals surface area contributed by atoms with Crippen molar-refractivity contribution in [3.05, 3.63) is 105 Å². The first-order chi connectivity index (χ1) is 14.1. The molecule has 144 valence electrons. The van der Waals surface area contributed by atoms with Gasteiger partial charge in [-0.3, -0.25) is 14.9 Å². The molecule has 0 aliphatic rings. The van der Waals surface area contributed by atoms with Crippen LogP contribution in [-0.2, 0) is 0 Å². The fourth-order valence-electron chi connectivity index (χ4n) is 3.00. The van der Waals surface area contributed by atoms with Gasteiger partial charge in [-0.25, -0.2) is 4.68 Å². The number of anilines is 2. The van der Waals surface area contributed by atoms with Gasteiger partial charge in [-0.05, 0) is 55.5 Å². The van der Waals surface area contributed by atoms with E-state index in [1.165, 1.54) is 4.68 Å². The van der Waals surface area contributed by atoms with Crippen molar-refractivity contribution in [2.24, 2.45) is 4.99 Å². The molecule has 0 saturated heterocycles. The predicted octanol–water partition coefficient (Wildman–Crippen LogP) is 5.62. The Hall–Kier alpha value is -3.57. The summed E-state index contributed by atoms with van der Waals surface area (Å²) >= 11 is 6.05. The molecule has 3 aromatic carbocycles. The minimum Gasteiger partial charge on any atom is -0.355 e. The van der Waals surface area contributed by atoms with Crippen LogP contribution in [-0.4, -0.2) is 16.0 Å². The number of hydrogen-bond donors (Lipinski definition) is 2. The summed E-state index contributed by atoms with van der Waals surface area (Å²) in [5.41, 5.74) is 4.42. The number of benzene rings is 3. The Labute approximate surface area is 173 Å². The third-order valence-electron chi connectivity index (χ3n) is 4.43. The Balaban J connectivity index is 1.60. The second-order valence-corrected chi connectivity index (χ2v) is 7.01. The van der Waals surface area contributed by atoms with Crippen LogP contribution in [0.5, 0.6) is 0 Å². The van der Waals surface area contributed by atoms with E-state index in [1.54, 1.807) is 24.4 Å². The van der Waals surface area contributed by atoms with E-state index < -0.39 is 0 Å². The van der Waals surface area contributed by atoms with Crippen molar-refractivity contribution in [3.8, 4) is 5.69 Å². The molecule has 5 nitrogen and oxygen atoms in total. The molecule has 0 saturated carbocycles. The number of aryl methyl sites for hydroxylation is 1. The lowest BCUT2D eigenvalue weighted by molar-refractivity contribution is 0.835. The van der Waals surface area contributed by atoms with E-state index in [0.717, 1.165) is 22.8 Å².